The Labute approximate surface area is 207 Å². The molecule has 4 aromatic carbocycles. The standard InChI is InChI=1S/C31H30N2O2/c1-20-13-22(3)28(17-26(20)15-24-5-9-30(32-34)10-6-24)19-29-18-27(21(2)14-23(29)4)16-25-7-11-31(33-35)12-8-25/h5-14,17-18H,15-16,19H2,1-4H3. The Morgan fingerprint density at radius 2 is 0.771 bits per heavy atom. The maximum Gasteiger partial charge on any atom is 0.108 e. The van der Waals surface area contributed by atoms with Gasteiger partial charge in [0.1, 0.15) is 11.4 Å². The summed E-state index contributed by atoms with van der Waals surface area (Å²) in [6.07, 6.45) is 2.52. The molecule has 0 heterocycles. The van der Waals surface area contributed by atoms with Gasteiger partial charge in [-0.15, -0.1) is 9.81 Å². The van der Waals surface area contributed by atoms with Gasteiger partial charge in [0.15, 0.2) is 0 Å². The lowest BCUT2D eigenvalue weighted by atomic mass is 9.89. The van der Waals surface area contributed by atoms with Crippen molar-refractivity contribution in [2.45, 2.75) is 47.0 Å². The predicted molar refractivity (Wildman–Crippen MR) is 144 cm³/mol. The summed E-state index contributed by atoms with van der Waals surface area (Å²) in [5.41, 5.74) is 13.6. The Morgan fingerprint density at radius 1 is 0.457 bits per heavy atom. The highest BCUT2D eigenvalue weighted by molar-refractivity contribution is 5.47. The zero-order chi connectivity index (χ0) is 24.9. The van der Waals surface area contributed by atoms with Crippen LogP contribution in [0.5, 0.6) is 0 Å². The van der Waals surface area contributed by atoms with Crippen molar-refractivity contribution in [3.8, 4) is 0 Å². The number of hydrogen-bond acceptors (Lipinski definition) is 4. The van der Waals surface area contributed by atoms with Crippen LogP contribution in [-0.2, 0) is 19.3 Å². The van der Waals surface area contributed by atoms with Crippen molar-refractivity contribution in [2.75, 3.05) is 0 Å². The molecule has 176 valence electrons. The third kappa shape index (κ3) is 5.78. The number of nitrogens with zero attached hydrogens (tertiary/aromatic N) is 2. The van der Waals surface area contributed by atoms with Gasteiger partial charge in [0.2, 0.25) is 0 Å². The van der Waals surface area contributed by atoms with Crippen molar-refractivity contribution in [2.24, 2.45) is 10.4 Å². The first-order valence-corrected chi connectivity index (χ1v) is 11.9. The van der Waals surface area contributed by atoms with Gasteiger partial charge in [-0.05, 0) is 137 Å². The van der Waals surface area contributed by atoms with E-state index in [1.54, 1.807) is 24.3 Å². The highest BCUT2D eigenvalue weighted by Gasteiger charge is 2.11. The average molecular weight is 463 g/mol. The van der Waals surface area contributed by atoms with E-state index in [9.17, 15) is 9.81 Å². The number of nitroso groups, excluding NO2 is 2. The first kappa shape index (κ1) is 24.2. The number of rotatable bonds is 8. The molecule has 0 aliphatic rings. The van der Waals surface area contributed by atoms with Crippen LogP contribution < -0.4 is 0 Å². The van der Waals surface area contributed by atoms with Gasteiger partial charge in [0, 0.05) is 0 Å². The zero-order valence-electron chi connectivity index (χ0n) is 20.8. The minimum atomic E-state index is 0.456. The molecule has 0 aliphatic carbocycles. The van der Waals surface area contributed by atoms with Gasteiger partial charge in [-0.25, -0.2) is 0 Å². The summed E-state index contributed by atoms with van der Waals surface area (Å²) in [4.78, 5) is 21.4. The average Bonchev–Trinajstić information content (AvgIpc) is 2.85. The monoisotopic (exact) mass is 462 g/mol. The van der Waals surface area contributed by atoms with Crippen molar-refractivity contribution < 1.29 is 0 Å². The van der Waals surface area contributed by atoms with Crippen LogP contribution in [0.4, 0.5) is 11.4 Å². The Morgan fingerprint density at radius 3 is 1.09 bits per heavy atom. The van der Waals surface area contributed by atoms with Crippen LogP contribution in [0.15, 0.2) is 83.2 Å². The molecule has 0 spiro atoms. The lowest BCUT2D eigenvalue weighted by Gasteiger charge is -2.16. The van der Waals surface area contributed by atoms with Crippen LogP contribution in [0.1, 0.15) is 55.6 Å². The zero-order valence-corrected chi connectivity index (χ0v) is 20.8. The van der Waals surface area contributed by atoms with Gasteiger partial charge in [0.25, 0.3) is 0 Å². The molecular weight excluding hydrogens is 432 g/mol. The Kier molecular flexibility index (Phi) is 7.31. The predicted octanol–water partition coefficient (Wildman–Crippen LogP) is 8.49. The first-order valence-electron chi connectivity index (χ1n) is 11.9. The van der Waals surface area contributed by atoms with E-state index in [2.05, 4.69) is 62.3 Å². The van der Waals surface area contributed by atoms with Gasteiger partial charge in [-0.1, -0.05) is 48.5 Å². The number of aryl methyl sites for hydroxylation is 4. The second-order valence-corrected chi connectivity index (χ2v) is 9.46. The summed E-state index contributed by atoms with van der Waals surface area (Å²) >= 11 is 0. The minimum absolute atomic E-state index is 0.456. The Hall–Kier alpha value is -3.92. The van der Waals surface area contributed by atoms with Crippen LogP contribution in [0.25, 0.3) is 0 Å². The topological polar surface area (TPSA) is 58.9 Å². The summed E-state index contributed by atoms with van der Waals surface area (Å²) < 4.78 is 0. The fourth-order valence-electron chi connectivity index (χ4n) is 4.65. The van der Waals surface area contributed by atoms with Gasteiger partial charge in [-0.2, -0.15) is 0 Å². The molecule has 0 atom stereocenters. The highest BCUT2D eigenvalue weighted by Crippen LogP contribution is 2.26. The molecule has 0 amide bonds. The SMILES string of the molecule is Cc1cc(C)c(Cc2cc(Cc3ccc(N=O)cc3)c(C)cc2C)cc1Cc1ccc(N=O)cc1. The minimum Gasteiger partial charge on any atom is -0.145 e. The maximum absolute atomic E-state index is 10.7. The molecular formula is C31H30N2O2. The third-order valence-electron chi connectivity index (χ3n) is 6.84. The van der Waals surface area contributed by atoms with Crippen LogP contribution in [0, 0.1) is 37.5 Å². The number of hydrogen-bond donors (Lipinski definition) is 0. The van der Waals surface area contributed by atoms with E-state index in [-0.39, 0.29) is 0 Å². The summed E-state index contributed by atoms with van der Waals surface area (Å²) in [5, 5.41) is 6.00. The van der Waals surface area contributed by atoms with E-state index < -0.39 is 0 Å². The van der Waals surface area contributed by atoms with E-state index in [0.29, 0.717) is 11.4 Å². The smallest absolute Gasteiger partial charge is 0.108 e. The lowest BCUT2D eigenvalue weighted by molar-refractivity contribution is 1.06. The molecule has 4 nitrogen and oxygen atoms in total. The fourth-order valence-corrected chi connectivity index (χ4v) is 4.65. The summed E-state index contributed by atoms with van der Waals surface area (Å²) in [6, 6.07) is 24.2. The van der Waals surface area contributed by atoms with E-state index in [1.165, 1.54) is 55.6 Å². The largest absolute Gasteiger partial charge is 0.145 e. The molecule has 0 fully saturated rings. The second kappa shape index (κ2) is 10.6. The molecule has 0 saturated heterocycles. The quantitative estimate of drug-likeness (QED) is 0.246. The molecule has 0 radical (unpaired) electrons. The van der Waals surface area contributed by atoms with Crippen LogP contribution in [-0.4, -0.2) is 0 Å². The molecule has 0 bridgehead atoms. The van der Waals surface area contributed by atoms with Crippen LogP contribution >= 0.6 is 0 Å². The van der Waals surface area contributed by atoms with Crippen molar-refractivity contribution in [3.63, 3.8) is 0 Å². The van der Waals surface area contributed by atoms with Crippen molar-refractivity contribution in [3.05, 3.63) is 138 Å². The maximum atomic E-state index is 10.7. The molecule has 4 heteroatoms. The lowest BCUT2D eigenvalue weighted by Crippen LogP contribution is -2.02. The molecule has 0 N–H and O–H groups in total. The molecule has 0 saturated carbocycles. The van der Waals surface area contributed by atoms with Gasteiger partial charge in [-0.3, -0.25) is 0 Å². The molecule has 0 aliphatic heterocycles. The summed E-state index contributed by atoms with van der Waals surface area (Å²) in [7, 11) is 0. The molecule has 0 unspecified atom stereocenters. The first-order chi connectivity index (χ1) is 16.9. The van der Waals surface area contributed by atoms with Crippen molar-refractivity contribution in [1.82, 2.24) is 0 Å². The van der Waals surface area contributed by atoms with Crippen LogP contribution in [0.3, 0.4) is 0 Å². The van der Waals surface area contributed by atoms with Gasteiger partial charge >= 0.3 is 0 Å². The van der Waals surface area contributed by atoms with E-state index in [0.717, 1.165) is 19.3 Å². The van der Waals surface area contributed by atoms with E-state index >= 15 is 0 Å². The summed E-state index contributed by atoms with van der Waals surface area (Å²) in [6.45, 7) is 8.69. The molecule has 0 aromatic heterocycles. The van der Waals surface area contributed by atoms with E-state index in [1.807, 2.05) is 24.3 Å². The molecule has 4 aromatic rings. The Balaban J connectivity index is 1.60. The fraction of sp³-hybridized carbons (Fsp3) is 0.226. The van der Waals surface area contributed by atoms with Gasteiger partial charge in [0.05, 0.1) is 0 Å². The second-order valence-electron chi connectivity index (χ2n) is 9.46. The molecule has 35 heavy (non-hydrogen) atoms. The van der Waals surface area contributed by atoms with Gasteiger partial charge < -0.3 is 0 Å². The molecule has 4 rings (SSSR count). The van der Waals surface area contributed by atoms with E-state index in [4.69, 9.17) is 0 Å². The normalized spacial score (nSPS) is 10.9. The van der Waals surface area contributed by atoms with Crippen molar-refractivity contribution >= 4 is 11.4 Å². The van der Waals surface area contributed by atoms with Crippen LogP contribution in [0.2, 0.25) is 0 Å². The van der Waals surface area contributed by atoms with Crippen molar-refractivity contribution in [1.29, 1.82) is 0 Å². The Bertz CT molecular complexity index is 1260. The third-order valence-corrected chi connectivity index (χ3v) is 6.84. The highest BCUT2D eigenvalue weighted by atomic mass is 16.3. The summed E-state index contributed by atoms with van der Waals surface area (Å²) in [5.74, 6) is 0. The number of benzene rings is 4.